The maximum Gasteiger partial charge on any atom is 0.139 e. The van der Waals surface area contributed by atoms with Crippen molar-refractivity contribution in [3.05, 3.63) is 35.9 Å². The number of hydrogen-bond donors (Lipinski definition) is 0. The van der Waals surface area contributed by atoms with E-state index >= 15 is 0 Å². The van der Waals surface area contributed by atoms with Crippen LogP contribution < -0.4 is 0 Å². The highest BCUT2D eigenvalue weighted by Crippen LogP contribution is 2.35. The highest BCUT2D eigenvalue weighted by atomic mass is 16.6. The van der Waals surface area contributed by atoms with Crippen LogP contribution in [0.5, 0.6) is 0 Å². The summed E-state index contributed by atoms with van der Waals surface area (Å²) in [6.45, 7) is 2.96. The molecule has 0 radical (unpaired) electrons. The van der Waals surface area contributed by atoms with Crippen LogP contribution in [0.4, 0.5) is 0 Å². The summed E-state index contributed by atoms with van der Waals surface area (Å²) in [5, 5.41) is 0. The van der Waals surface area contributed by atoms with E-state index in [1.54, 1.807) is 7.11 Å². The first kappa shape index (κ1) is 23.8. The average Bonchev–Trinajstić information content (AvgIpc) is 3.07. The fourth-order valence-electron chi connectivity index (χ4n) is 5.62. The van der Waals surface area contributed by atoms with Crippen molar-refractivity contribution in [2.24, 2.45) is 11.8 Å². The Labute approximate surface area is 185 Å². The Hall–Kier alpha value is -0.835. The Morgan fingerprint density at radius 2 is 1.83 bits per heavy atom. The zero-order valence-corrected chi connectivity index (χ0v) is 19.6. The van der Waals surface area contributed by atoms with Crippen LogP contribution in [-0.2, 0) is 20.6 Å². The molecule has 4 heteroatoms. The van der Waals surface area contributed by atoms with Crippen LogP contribution in [0.25, 0.3) is 0 Å². The third-order valence-corrected chi connectivity index (χ3v) is 7.22. The van der Waals surface area contributed by atoms with Crippen molar-refractivity contribution in [1.82, 2.24) is 0 Å². The van der Waals surface area contributed by atoms with Crippen LogP contribution in [0.2, 0.25) is 0 Å². The minimum atomic E-state index is 0.104. The van der Waals surface area contributed by atoms with Crippen molar-refractivity contribution in [3.8, 4) is 0 Å². The van der Waals surface area contributed by atoms with E-state index in [1.165, 1.54) is 69.8 Å². The molecule has 1 aliphatic heterocycles. The van der Waals surface area contributed by atoms with E-state index in [1.807, 2.05) is 0 Å². The van der Waals surface area contributed by atoms with Crippen molar-refractivity contribution in [1.29, 1.82) is 0 Å². The molecule has 1 heterocycles. The summed E-state index contributed by atoms with van der Waals surface area (Å²) in [5.74, 6) is 1.70. The molecule has 3 nitrogen and oxygen atoms in total. The number of methoxy groups -OCH3 is 1. The fourth-order valence-corrected chi connectivity index (χ4v) is 5.62. The van der Waals surface area contributed by atoms with Gasteiger partial charge in [-0.15, -0.1) is 0 Å². The van der Waals surface area contributed by atoms with Crippen LogP contribution in [0.15, 0.2) is 30.3 Å². The maximum atomic E-state index is 6.57. The summed E-state index contributed by atoms with van der Waals surface area (Å²) in [4.78, 5) is 0. The lowest BCUT2D eigenvalue weighted by atomic mass is 9.76. The van der Waals surface area contributed by atoms with E-state index in [-0.39, 0.29) is 18.2 Å². The van der Waals surface area contributed by atoms with Gasteiger partial charge in [0.1, 0.15) is 14.0 Å². The predicted molar refractivity (Wildman–Crippen MR) is 127 cm³/mol. The summed E-state index contributed by atoms with van der Waals surface area (Å²) < 4.78 is 17.9. The smallest absolute Gasteiger partial charge is 0.139 e. The van der Waals surface area contributed by atoms with Crippen molar-refractivity contribution < 1.29 is 14.2 Å². The second-order valence-electron chi connectivity index (χ2n) is 9.69. The van der Waals surface area contributed by atoms with Crippen molar-refractivity contribution >= 4 is 7.85 Å². The van der Waals surface area contributed by atoms with Crippen molar-refractivity contribution in [3.63, 3.8) is 0 Å². The molecule has 1 saturated heterocycles. The summed E-state index contributed by atoms with van der Waals surface area (Å²) in [6.07, 6.45) is 14.7. The van der Waals surface area contributed by atoms with Gasteiger partial charge in [0.2, 0.25) is 0 Å². The molecule has 0 N–H and O–H groups in total. The number of ether oxygens (including phenoxy) is 3. The molecule has 2 aliphatic rings. The fraction of sp³-hybridized carbons (Fsp3) is 0.769. The number of benzene rings is 1. The second-order valence-corrected chi connectivity index (χ2v) is 9.69. The zero-order valence-electron chi connectivity index (χ0n) is 19.6. The molecule has 168 valence electrons. The molecule has 30 heavy (non-hydrogen) atoms. The summed E-state index contributed by atoms with van der Waals surface area (Å²) in [5.41, 5.74) is 1.52. The van der Waals surface area contributed by atoms with E-state index in [0.29, 0.717) is 12.7 Å². The summed E-state index contributed by atoms with van der Waals surface area (Å²) in [6, 6.07) is 11.4. The van der Waals surface area contributed by atoms with Gasteiger partial charge in [0.25, 0.3) is 0 Å². The Morgan fingerprint density at radius 1 is 1.10 bits per heavy atom. The van der Waals surface area contributed by atoms with E-state index in [2.05, 4.69) is 45.1 Å². The van der Waals surface area contributed by atoms with E-state index < -0.39 is 0 Å². The van der Waals surface area contributed by atoms with E-state index in [0.717, 1.165) is 18.3 Å². The van der Waals surface area contributed by atoms with Gasteiger partial charge in [-0.2, -0.15) is 0 Å². The topological polar surface area (TPSA) is 27.7 Å². The summed E-state index contributed by atoms with van der Waals surface area (Å²) in [7, 11) is 3.90. The lowest BCUT2D eigenvalue weighted by Gasteiger charge is -2.32. The average molecular weight is 414 g/mol. The molecule has 0 amide bonds. The molecule has 1 aliphatic carbocycles. The lowest BCUT2D eigenvalue weighted by molar-refractivity contribution is -0.0811. The molecule has 0 spiro atoms. The van der Waals surface area contributed by atoms with E-state index in [4.69, 9.17) is 14.2 Å². The van der Waals surface area contributed by atoms with Gasteiger partial charge in [-0.1, -0.05) is 75.8 Å². The van der Waals surface area contributed by atoms with Crippen molar-refractivity contribution in [2.45, 2.75) is 102 Å². The largest absolute Gasteiger partial charge is 0.382 e. The molecule has 0 aromatic heterocycles. The first-order chi connectivity index (χ1) is 14.7. The molecule has 1 saturated carbocycles. The van der Waals surface area contributed by atoms with Crippen molar-refractivity contribution in [2.75, 3.05) is 13.7 Å². The second kappa shape index (κ2) is 12.9. The van der Waals surface area contributed by atoms with Crippen LogP contribution >= 0.6 is 0 Å². The Bertz CT molecular complexity index is 571. The minimum Gasteiger partial charge on any atom is -0.382 e. The molecule has 0 bridgehead atoms. The van der Waals surface area contributed by atoms with Gasteiger partial charge in [0.05, 0.1) is 18.8 Å². The Balaban J connectivity index is 1.51. The predicted octanol–water partition coefficient (Wildman–Crippen LogP) is 5.15. The van der Waals surface area contributed by atoms with Gasteiger partial charge in [-0.25, -0.2) is 0 Å². The molecule has 1 aromatic rings. The first-order valence-electron chi connectivity index (χ1n) is 12.5. The third-order valence-electron chi connectivity index (χ3n) is 7.22. The normalized spacial score (nSPS) is 31.2. The highest BCUT2D eigenvalue weighted by Gasteiger charge is 2.35. The van der Waals surface area contributed by atoms with Crippen LogP contribution in [0, 0.1) is 11.8 Å². The van der Waals surface area contributed by atoms with Gasteiger partial charge in [0.15, 0.2) is 0 Å². The number of rotatable bonds is 10. The standard InChI is InChI=1S/C26H43BO3/c1-3-4-12-22(17-20-10-6-5-7-11-20)21-13-8-15-23(16-9-14-21)29-24-18-26(27)30-25(24)19-28-2/h5-7,10-11,21-26H,3-4,8-9,12-19,27H2,1-2H3/t21?,22?,23?,24?,25-,26-/m1/s1. The highest BCUT2D eigenvalue weighted by molar-refractivity contribution is 6.11. The number of hydrogen-bond acceptors (Lipinski definition) is 3. The van der Waals surface area contributed by atoms with Gasteiger partial charge in [-0.05, 0) is 49.5 Å². The maximum absolute atomic E-state index is 6.57. The van der Waals surface area contributed by atoms with Gasteiger partial charge < -0.3 is 14.2 Å². The van der Waals surface area contributed by atoms with Crippen LogP contribution in [-0.4, -0.2) is 45.9 Å². The van der Waals surface area contributed by atoms with E-state index in [9.17, 15) is 0 Å². The third kappa shape index (κ3) is 7.39. The molecule has 2 unspecified atom stereocenters. The monoisotopic (exact) mass is 414 g/mol. The lowest BCUT2D eigenvalue weighted by Crippen LogP contribution is -2.33. The molecular formula is C26H43BO3. The summed E-state index contributed by atoms with van der Waals surface area (Å²) >= 11 is 0. The van der Waals surface area contributed by atoms with Gasteiger partial charge >= 0.3 is 0 Å². The van der Waals surface area contributed by atoms with Gasteiger partial charge in [-0.3, -0.25) is 0 Å². The molecular weight excluding hydrogens is 371 g/mol. The molecule has 3 rings (SSSR count). The Kier molecular flexibility index (Phi) is 10.2. The number of unbranched alkanes of at least 4 members (excludes halogenated alkanes) is 1. The SMILES string of the molecule is B[C@H]1CC(OC2CCCC(C(CCCC)Cc3ccccc3)CCC2)[C@@H](COC)O1. The van der Waals surface area contributed by atoms with Crippen LogP contribution in [0.3, 0.4) is 0 Å². The van der Waals surface area contributed by atoms with Gasteiger partial charge in [0, 0.05) is 13.1 Å². The first-order valence-corrected chi connectivity index (χ1v) is 12.5. The zero-order chi connectivity index (χ0) is 21.2. The quantitative estimate of drug-likeness (QED) is 0.496. The molecule has 2 fully saturated rings. The minimum absolute atomic E-state index is 0.104. The Morgan fingerprint density at radius 3 is 2.50 bits per heavy atom. The molecule has 1 aromatic carbocycles. The van der Waals surface area contributed by atoms with Crippen LogP contribution in [0.1, 0.15) is 76.7 Å². The molecule has 4 atom stereocenters.